The highest BCUT2D eigenvalue weighted by molar-refractivity contribution is 5.93. The maximum Gasteiger partial charge on any atom is 0.356 e. The van der Waals surface area contributed by atoms with Gasteiger partial charge >= 0.3 is 17.9 Å². The van der Waals surface area contributed by atoms with E-state index in [2.05, 4.69) is 24.5 Å². The van der Waals surface area contributed by atoms with E-state index in [0.29, 0.717) is 5.56 Å². The van der Waals surface area contributed by atoms with E-state index in [1.165, 1.54) is 12.7 Å². The van der Waals surface area contributed by atoms with Crippen LogP contribution in [0.15, 0.2) is 24.3 Å². The zero-order valence-corrected chi connectivity index (χ0v) is 17.6. The molecule has 0 spiro atoms. The lowest BCUT2D eigenvalue weighted by Crippen LogP contribution is -2.15. The summed E-state index contributed by atoms with van der Waals surface area (Å²) in [6.07, 6.45) is 1.93. The van der Waals surface area contributed by atoms with Crippen molar-refractivity contribution >= 4 is 29.6 Å². The first kappa shape index (κ1) is 23.3. The second-order valence-corrected chi connectivity index (χ2v) is 6.89. The molecule has 0 unspecified atom stereocenters. The minimum absolute atomic E-state index is 0.136. The van der Waals surface area contributed by atoms with Crippen molar-refractivity contribution in [1.29, 1.82) is 0 Å². The number of amides is 1. The number of aromatic carboxylic acids is 1. The monoisotopic (exact) mass is 456 g/mol. The van der Waals surface area contributed by atoms with Gasteiger partial charge in [0.2, 0.25) is 5.82 Å². The Morgan fingerprint density at radius 1 is 1.09 bits per heavy atom. The van der Waals surface area contributed by atoms with E-state index in [0.717, 1.165) is 36.1 Å². The zero-order valence-electron chi connectivity index (χ0n) is 17.6. The number of primary amides is 1. The van der Waals surface area contributed by atoms with Crippen LogP contribution >= 0.6 is 0 Å². The molecular weight excluding hydrogens is 436 g/mol. The summed E-state index contributed by atoms with van der Waals surface area (Å²) in [4.78, 5) is 51.9. The molecule has 1 aromatic carbocycles. The van der Waals surface area contributed by atoms with Crippen molar-refractivity contribution in [2.24, 2.45) is 11.5 Å². The van der Waals surface area contributed by atoms with E-state index >= 15 is 0 Å². The van der Waals surface area contributed by atoms with Crippen LogP contribution < -0.4 is 11.5 Å². The number of rotatable bonds is 4. The van der Waals surface area contributed by atoms with Gasteiger partial charge in [0.05, 0.1) is 19.8 Å². The van der Waals surface area contributed by atoms with Crippen molar-refractivity contribution in [2.45, 2.75) is 18.9 Å². The second kappa shape index (κ2) is 9.40. The van der Waals surface area contributed by atoms with Gasteiger partial charge in [-0.05, 0) is 36.1 Å². The third kappa shape index (κ3) is 4.77. The van der Waals surface area contributed by atoms with Gasteiger partial charge in [-0.1, -0.05) is 6.07 Å². The highest BCUT2D eigenvalue weighted by atomic mass is 16.5. The van der Waals surface area contributed by atoms with Crippen molar-refractivity contribution < 1.29 is 33.8 Å². The van der Waals surface area contributed by atoms with Crippen LogP contribution in [0.4, 0.5) is 0 Å². The maximum atomic E-state index is 11.5. The molecule has 1 amide bonds. The molecule has 172 valence electrons. The third-order valence-corrected chi connectivity index (χ3v) is 4.83. The molecule has 1 atom stereocenters. The fourth-order valence-corrected chi connectivity index (χ4v) is 3.23. The van der Waals surface area contributed by atoms with Gasteiger partial charge in [-0.2, -0.15) is 9.50 Å². The number of hydrogen-bond donors (Lipinski definition) is 3. The molecule has 5 N–H and O–H groups in total. The number of nitrogens with zero attached hydrogens (tertiary/aromatic N) is 4. The molecule has 0 saturated heterocycles. The van der Waals surface area contributed by atoms with Gasteiger partial charge in [-0.15, -0.1) is 5.10 Å². The van der Waals surface area contributed by atoms with Crippen LogP contribution in [0.3, 0.4) is 0 Å². The smallest absolute Gasteiger partial charge is 0.356 e. The summed E-state index contributed by atoms with van der Waals surface area (Å²) >= 11 is 0. The first-order valence-corrected chi connectivity index (χ1v) is 9.52. The predicted molar refractivity (Wildman–Crippen MR) is 111 cm³/mol. The molecule has 1 aliphatic carbocycles. The number of hydrogen-bond acceptors (Lipinski definition) is 10. The van der Waals surface area contributed by atoms with Gasteiger partial charge in [0.25, 0.3) is 11.7 Å². The lowest BCUT2D eigenvalue weighted by molar-refractivity contribution is 0.0584. The predicted octanol–water partition coefficient (Wildman–Crippen LogP) is 0.127. The molecule has 33 heavy (non-hydrogen) atoms. The lowest BCUT2D eigenvalue weighted by Gasteiger charge is -2.05. The lowest BCUT2D eigenvalue weighted by atomic mass is 10.1. The molecule has 0 fully saturated rings. The minimum atomic E-state index is -1.36. The second-order valence-electron chi connectivity index (χ2n) is 6.89. The highest BCUT2D eigenvalue weighted by Crippen LogP contribution is 2.29. The average Bonchev–Trinajstić information content (AvgIpc) is 3.41. The minimum Gasteiger partial charge on any atom is -0.477 e. The average molecular weight is 456 g/mol. The van der Waals surface area contributed by atoms with Gasteiger partial charge in [-0.3, -0.25) is 4.79 Å². The fourth-order valence-electron chi connectivity index (χ4n) is 3.23. The molecule has 0 bridgehead atoms. The summed E-state index contributed by atoms with van der Waals surface area (Å²) in [6.45, 7) is 0. The van der Waals surface area contributed by atoms with Crippen LogP contribution in [0.5, 0.6) is 0 Å². The molecular formula is C20H20N6O7. The van der Waals surface area contributed by atoms with E-state index in [1.54, 1.807) is 6.07 Å². The van der Waals surface area contributed by atoms with Crippen molar-refractivity contribution in [1.82, 2.24) is 19.6 Å². The number of benzene rings is 1. The Hall–Kier alpha value is -4.39. The molecule has 4 rings (SSSR count). The molecule has 13 nitrogen and oxygen atoms in total. The number of aromatic nitrogens is 4. The molecule has 13 heteroatoms. The Morgan fingerprint density at radius 2 is 1.79 bits per heavy atom. The molecule has 2 aromatic heterocycles. The van der Waals surface area contributed by atoms with Gasteiger partial charge < -0.3 is 26.0 Å². The fraction of sp³-hybridized carbons (Fsp3) is 0.250. The van der Waals surface area contributed by atoms with Crippen molar-refractivity contribution in [3.05, 3.63) is 58.2 Å². The summed E-state index contributed by atoms with van der Waals surface area (Å²) in [6, 6.07) is 6.68. The van der Waals surface area contributed by atoms with Crippen LogP contribution in [0.1, 0.15) is 65.5 Å². The van der Waals surface area contributed by atoms with Crippen LogP contribution in [-0.2, 0) is 15.9 Å². The number of ether oxygens (including phenoxy) is 2. The van der Waals surface area contributed by atoms with Gasteiger partial charge in [-0.25, -0.2) is 19.4 Å². The van der Waals surface area contributed by atoms with Gasteiger partial charge in [0, 0.05) is 12.1 Å². The number of nitrogens with two attached hydrogens (primary N) is 2. The van der Waals surface area contributed by atoms with Crippen LogP contribution in [0.2, 0.25) is 0 Å². The number of methoxy groups -OCH3 is 2. The van der Waals surface area contributed by atoms with Crippen LogP contribution in [0, 0.1) is 0 Å². The summed E-state index contributed by atoms with van der Waals surface area (Å²) in [7, 11) is 2.50. The number of carboxylic acids is 1. The number of carboxylic acid groups (broad SMARTS) is 1. The van der Waals surface area contributed by atoms with Crippen LogP contribution in [0.25, 0.3) is 5.78 Å². The topological polar surface area (TPSA) is 202 Å². The maximum absolute atomic E-state index is 11.5. The number of carbonyl (C=O) groups excluding carboxylic acids is 3. The van der Waals surface area contributed by atoms with Gasteiger partial charge in [0.15, 0.2) is 11.4 Å². The first-order valence-electron chi connectivity index (χ1n) is 9.52. The normalized spacial score (nSPS) is 14.1. The van der Waals surface area contributed by atoms with Crippen molar-refractivity contribution in [3.8, 4) is 0 Å². The molecule has 0 saturated carbocycles. The molecule has 0 aliphatic heterocycles. The number of esters is 2. The quantitative estimate of drug-likeness (QED) is 0.450. The Labute approximate surface area is 186 Å². The van der Waals surface area contributed by atoms with Crippen molar-refractivity contribution in [2.75, 3.05) is 14.2 Å². The zero-order chi connectivity index (χ0) is 24.3. The largest absolute Gasteiger partial charge is 0.477 e. The van der Waals surface area contributed by atoms with Crippen LogP contribution in [-0.4, -0.2) is 62.7 Å². The molecule has 2 heterocycles. The summed E-state index contributed by atoms with van der Waals surface area (Å²) in [5.41, 5.74) is 13.2. The van der Waals surface area contributed by atoms with E-state index in [1.807, 2.05) is 12.1 Å². The van der Waals surface area contributed by atoms with E-state index in [9.17, 15) is 19.2 Å². The molecule has 1 aliphatic rings. The van der Waals surface area contributed by atoms with Crippen molar-refractivity contribution in [3.63, 3.8) is 0 Å². The number of aryl methyl sites for hydroxylation is 1. The van der Waals surface area contributed by atoms with Gasteiger partial charge in [0.1, 0.15) is 0 Å². The Bertz CT molecular complexity index is 1270. The van der Waals surface area contributed by atoms with E-state index in [-0.39, 0.29) is 29.3 Å². The highest BCUT2D eigenvalue weighted by Gasteiger charge is 2.21. The van der Waals surface area contributed by atoms with E-state index < -0.39 is 23.5 Å². The molecule has 0 radical (unpaired) electrons. The first-order chi connectivity index (χ1) is 15.7. The Morgan fingerprint density at radius 3 is 2.39 bits per heavy atom. The standard InChI is InChI=1S/C11H13NO2.C9H7N5O5/c1-14-11(13)8-2-4-9-7(6-8)3-5-10(9)12;1-19-8(18)4-2-3(7(16)17)11-9-12-6(5(10)15)13-14(4)9/h2,4,6,10H,3,5,12H2,1H3;2H,1H3,(H2,10,15)(H,16,17)/t10-;/m0./s1. The summed E-state index contributed by atoms with van der Waals surface area (Å²) in [5, 5.41) is 12.5. The Balaban J connectivity index is 0.000000194. The number of carbonyl (C=O) groups is 4. The Kier molecular flexibility index (Phi) is 6.63. The third-order valence-electron chi connectivity index (χ3n) is 4.83. The van der Waals surface area contributed by atoms with E-state index in [4.69, 9.17) is 16.6 Å². The summed E-state index contributed by atoms with van der Waals surface area (Å²) < 4.78 is 10.0. The summed E-state index contributed by atoms with van der Waals surface area (Å²) in [5.74, 6) is -4.06. The SMILES string of the molecule is COC(=O)c1cc(C(=O)O)nc2nc(C(N)=O)nn12.COC(=O)c1ccc2c(c1)CC[C@@H]2N. The number of fused-ring (bicyclic) bond motifs is 2. The molecule has 3 aromatic rings.